The third-order valence-corrected chi connectivity index (χ3v) is 4.38. The van der Waals surface area contributed by atoms with Crippen molar-refractivity contribution in [1.29, 1.82) is 0 Å². The highest BCUT2D eigenvalue weighted by molar-refractivity contribution is 9.10. The van der Waals surface area contributed by atoms with E-state index in [-0.39, 0.29) is 24.2 Å². The van der Waals surface area contributed by atoms with E-state index in [1.165, 1.54) is 5.56 Å². The molecule has 1 heterocycles. The summed E-state index contributed by atoms with van der Waals surface area (Å²) in [5.41, 5.74) is 2.12. The number of carbonyl (C=O) groups excluding carboxylic acids is 1. The van der Waals surface area contributed by atoms with Gasteiger partial charge in [-0.2, -0.15) is 0 Å². The summed E-state index contributed by atoms with van der Waals surface area (Å²) in [5.74, 6) is 0.659. The molecule has 0 saturated carbocycles. The number of anilines is 1. The van der Waals surface area contributed by atoms with Crippen LogP contribution in [0.15, 0.2) is 22.7 Å². The van der Waals surface area contributed by atoms with Gasteiger partial charge in [0.1, 0.15) is 0 Å². The lowest BCUT2D eigenvalue weighted by Gasteiger charge is -2.27. The number of amides is 1. The van der Waals surface area contributed by atoms with Crippen LogP contribution in [-0.4, -0.2) is 18.5 Å². The first-order chi connectivity index (χ1) is 9.47. The third-order valence-electron chi connectivity index (χ3n) is 3.89. The second-order valence-electron chi connectivity index (χ2n) is 5.95. The molecule has 3 nitrogen and oxygen atoms in total. The van der Waals surface area contributed by atoms with E-state index in [1.54, 1.807) is 0 Å². The summed E-state index contributed by atoms with van der Waals surface area (Å²) in [5, 5.41) is 6.50. The van der Waals surface area contributed by atoms with Gasteiger partial charge in [0.25, 0.3) is 0 Å². The van der Waals surface area contributed by atoms with Crippen LogP contribution in [0.1, 0.15) is 45.1 Å². The van der Waals surface area contributed by atoms with Crippen LogP contribution in [0.4, 0.5) is 5.69 Å². The van der Waals surface area contributed by atoms with Crippen molar-refractivity contribution >= 4 is 39.9 Å². The van der Waals surface area contributed by atoms with Gasteiger partial charge in [-0.25, -0.2) is 0 Å². The molecule has 1 aromatic rings. The van der Waals surface area contributed by atoms with Crippen molar-refractivity contribution in [2.45, 2.75) is 45.6 Å². The van der Waals surface area contributed by atoms with Crippen molar-refractivity contribution in [3.05, 3.63) is 28.2 Å². The highest BCUT2D eigenvalue weighted by Gasteiger charge is 2.25. The number of hydrogen-bond donors (Lipinski definition) is 2. The average molecular weight is 376 g/mol. The molecule has 0 unspecified atom stereocenters. The van der Waals surface area contributed by atoms with Crippen LogP contribution in [0.5, 0.6) is 0 Å². The second-order valence-corrected chi connectivity index (χ2v) is 6.87. The number of nitrogens with one attached hydrogen (secondary N) is 2. The second kappa shape index (κ2) is 8.16. The molecule has 118 valence electrons. The lowest BCUT2D eigenvalue weighted by Crippen LogP contribution is -2.40. The number of carbonyl (C=O) groups is 1. The molecule has 1 aromatic carbocycles. The molecule has 1 saturated heterocycles. The van der Waals surface area contributed by atoms with Gasteiger partial charge in [-0.15, -0.1) is 12.4 Å². The summed E-state index contributed by atoms with van der Waals surface area (Å²) >= 11 is 3.49. The Hall–Kier alpha value is -0.580. The molecular weight excluding hydrogens is 352 g/mol. The normalized spacial score (nSPS) is 21.8. The molecule has 1 aliphatic heterocycles. The Morgan fingerprint density at radius 1 is 1.43 bits per heavy atom. The minimum absolute atomic E-state index is 0. The van der Waals surface area contributed by atoms with Gasteiger partial charge in [-0.05, 0) is 56.0 Å². The summed E-state index contributed by atoms with van der Waals surface area (Å²) in [7, 11) is 0. The maximum atomic E-state index is 12.4. The summed E-state index contributed by atoms with van der Waals surface area (Å²) < 4.78 is 1.05. The first-order valence-electron chi connectivity index (χ1n) is 7.31. The first kappa shape index (κ1) is 18.5. The van der Waals surface area contributed by atoms with E-state index in [4.69, 9.17) is 0 Å². The quantitative estimate of drug-likeness (QED) is 0.826. The standard InChI is InChI=1S/C16H23BrN2O.ClH/c1-10(2)14-9-13(17)4-5-15(14)19-16(20)12-6-7-18-11(3)8-12;/h4-5,9-12,18H,6-8H2,1-3H3,(H,19,20);1H/t11-,12-;/m0./s1. The predicted octanol–water partition coefficient (Wildman–Crippen LogP) is 4.32. The Labute approximate surface area is 141 Å². The molecule has 0 aliphatic carbocycles. The minimum Gasteiger partial charge on any atom is -0.326 e. The molecule has 2 rings (SSSR count). The van der Waals surface area contributed by atoms with Crippen molar-refractivity contribution < 1.29 is 4.79 Å². The molecule has 2 atom stereocenters. The van der Waals surface area contributed by atoms with Crippen molar-refractivity contribution in [2.75, 3.05) is 11.9 Å². The molecule has 0 spiro atoms. The van der Waals surface area contributed by atoms with E-state index >= 15 is 0 Å². The smallest absolute Gasteiger partial charge is 0.227 e. The lowest BCUT2D eigenvalue weighted by molar-refractivity contribution is -0.120. The molecule has 1 aliphatic rings. The zero-order chi connectivity index (χ0) is 14.7. The van der Waals surface area contributed by atoms with E-state index in [2.05, 4.69) is 53.4 Å². The monoisotopic (exact) mass is 374 g/mol. The Morgan fingerprint density at radius 3 is 2.76 bits per heavy atom. The number of hydrogen-bond acceptors (Lipinski definition) is 2. The fourth-order valence-electron chi connectivity index (χ4n) is 2.73. The van der Waals surface area contributed by atoms with Crippen LogP contribution in [0.2, 0.25) is 0 Å². The van der Waals surface area contributed by atoms with Gasteiger partial charge in [-0.3, -0.25) is 4.79 Å². The summed E-state index contributed by atoms with van der Waals surface area (Å²) in [6, 6.07) is 6.48. The van der Waals surface area contributed by atoms with Crippen LogP contribution in [0.25, 0.3) is 0 Å². The molecule has 0 radical (unpaired) electrons. The van der Waals surface area contributed by atoms with Crippen molar-refractivity contribution in [1.82, 2.24) is 5.32 Å². The van der Waals surface area contributed by atoms with Crippen LogP contribution < -0.4 is 10.6 Å². The van der Waals surface area contributed by atoms with E-state index in [1.807, 2.05) is 12.1 Å². The fraction of sp³-hybridized carbons (Fsp3) is 0.562. The number of rotatable bonds is 3. The first-order valence-corrected chi connectivity index (χ1v) is 8.10. The topological polar surface area (TPSA) is 41.1 Å². The molecule has 21 heavy (non-hydrogen) atoms. The van der Waals surface area contributed by atoms with Gasteiger partial charge >= 0.3 is 0 Å². The Morgan fingerprint density at radius 2 is 2.14 bits per heavy atom. The maximum absolute atomic E-state index is 12.4. The van der Waals surface area contributed by atoms with E-state index in [0.29, 0.717) is 12.0 Å². The number of piperidine rings is 1. The van der Waals surface area contributed by atoms with Crippen LogP contribution in [-0.2, 0) is 4.79 Å². The maximum Gasteiger partial charge on any atom is 0.227 e. The van der Waals surface area contributed by atoms with Crippen molar-refractivity contribution in [2.24, 2.45) is 5.92 Å². The zero-order valence-electron chi connectivity index (χ0n) is 12.8. The molecule has 1 amide bonds. The van der Waals surface area contributed by atoms with E-state index in [0.717, 1.165) is 29.5 Å². The van der Waals surface area contributed by atoms with E-state index < -0.39 is 0 Å². The third kappa shape index (κ3) is 4.97. The highest BCUT2D eigenvalue weighted by atomic mass is 79.9. The van der Waals surface area contributed by atoms with Gasteiger partial charge in [0.15, 0.2) is 0 Å². The number of halogens is 2. The predicted molar refractivity (Wildman–Crippen MR) is 94.3 cm³/mol. The van der Waals surface area contributed by atoms with Gasteiger partial charge in [0.05, 0.1) is 0 Å². The summed E-state index contributed by atoms with van der Waals surface area (Å²) in [4.78, 5) is 12.4. The van der Waals surface area contributed by atoms with Gasteiger partial charge in [0, 0.05) is 22.1 Å². The molecule has 5 heteroatoms. The van der Waals surface area contributed by atoms with E-state index in [9.17, 15) is 4.79 Å². The van der Waals surface area contributed by atoms with Crippen LogP contribution >= 0.6 is 28.3 Å². The molecule has 0 bridgehead atoms. The highest BCUT2D eigenvalue weighted by Crippen LogP contribution is 2.28. The molecule has 2 N–H and O–H groups in total. The fourth-order valence-corrected chi connectivity index (χ4v) is 3.11. The van der Waals surface area contributed by atoms with Crippen LogP contribution in [0, 0.1) is 5.92 Å². The largest absolute Gasteiger partial charge is 0.326 e. The Bertz CT molecular complexity index is 493. The Kier molecular flexibility index (Phi) is 7.17. The summed E-state index contributed by atoms with van der Waals surface area (Å²) in [6.45, 7) is 7.35. The van der Waals surface area contributed by atoms with Crippen molar-refractivity contribution in [3.8, 4) is 0 Å². The minimum atomic E-state index is 0. The molecular formula is C16H24BrClN2O. The number of benzene rings is 1. The van der Waals surface area contributed by atoms with Gasteiger partial charge in [0.2, 0.25) is 5.91 Å². The zero-order valence-corrected chi connectivity index (χ0v) is 15.2. The molecule has 0 aromatic heterocycles. The lowest BCUT2D eigenvalue weighted by atomic mass is 9.92. The molecule has 1 fully saturated rings. The summed E-state index contributed by atoms with van der Waals surface area (Å²) in [6.07, 6.45) is 1.84. The SMILES string of the molecule is CC(C)c1cc(Br)ccc1NC(=O)[C@H]1CCN[C@@H](C)C1.Cl. The van der Waals surface area contributed by atoms with Gasteiger partial charge in [-0.1, -0.05) is 29.8 Å². The Balaban J connectivity index is 0.00000220. The van der Waals surface area contributed by atoms with Crippen molar-refractivity contribution in [3.63, 3.8) is 0 Å². The van der Waals surface area contributed by atoms with Gasteiger partial charge < -0.3 is 10.6 Å². The average Bonchev–Trinajstić information content (AvgIpc) is 2.40. The van der Waals surface area contributed by atoms with Crippen LogP contribution in [0.3, 0.4) is 0 Å².